The van der Waals surface area contributed by atoms with E-state index in [2.05, 4.69) is 27.4 Å². The van der Waals surface area contributed by atoms with Crippen molar-refractivity contribution in [2.75, 3.05) is 11.9 Å². The van der Waals surface area contributed by atoms with Crippen LogP contribution < -0.4 is 10.1 Å². The lowest BCUT2D eigenvalue weighted by molar-refractivity contribution is -0.136. The summed E-state index contributed by atoms with van der Waals surface area (Å²) >= 11 is 6.28. The van der Waals surface area contributed by atoms with Gasteiger partial charge in [0.15, 0.2) is 5.65 Å². The number of nitrogens with one attached hydrogen (secondary N) is 1. The summed E-state index contributed by atoms with van der Waals surface area (Å²) in [6.45, 7) is -1.37. The zero-order chi connectivity index (χ0) is 33.5. The van der Waals surface area contributed by atoms with Gasteiger partial charge in [-0.1, -0.05) is 48.9 Å². The van der Waals surface area contributed by atoms with Crippen LogP contribution in [0.4, 0.5) is 14.5 Å². The normalized spacial score (nSPS) is 22.0. The number of carbonyl (C=O) groups is 2. The predicted octanol–water partition coefficient (Wildman–Crippen LogP) is 5.71. The van der Waals surface area contributed by atoms with Crippen molar-refractivity contribution >= 4 is 34.7 Å². The fourth-order valence-electron chi connectivity index (χ4n) is 7.50. The largest absolute Gasteiger partial charge is 0.434 e. The summed E-state index contributed by atoms with van der Waals surface area (Å²) in [6.07, 6.45) is 7.83. The van der Waals surface area contributed by atoms with E-state index in [1.807, 2.05) is 30.3 Å². The molecule has 14 heteroatoms. The summed E-state index contributed by atoms with van der Waals surface area (Å²) in [7, 11) is 0. The van der Waals surface area contributed by atoms with Crippen molar-refractivity contribution in [1.29, 1.82) is 0 Å². The molecule has 5 aromatic rings. The number of aromatic nitrogens is 5. The summed E-state index contributed by atoms with van der Waals surface area (Å²) in [4.78, 5) is 33.8. The van der Waals surface area contributed by atoms with E-state index in [0.29, 0.717) is 11.6 Å². The zero-order valence-electron chi connectivity index (χ0n) is 25.8. The second-order valence-corrected chi connectivity index (χ2v) is 12.8. The van der Waals surface area contributed by atoms with Gasteiger partial charge in [-0.05, 0) is 60.4 Å². The van der Waals surface area contributed by atoms with Crippen molar-refractivity contribution in [3.63, 3.8) is 0 Å². The maximum Gasteiger partial charge on any atom is 0.387 e. The minimum atomic E-state index is -3.14. The summed E-state index contributed by atoms with van der Waals surface area (Å²) in [6, 6.07) is 15.0. The number of amides is 2. The molecule has 0 radical (unpaired) electrons. The van der Waals surface area contributed by atoms with Crippen molar-refractivity contribution in [1.82, 2.24) is 29.3 Å². The van der Waals surface area contributed by atoms with Crippen LogP contribution in [0, 0.1) is 17.8 Å². The Hall–Kier alpha value is -4.88. The number of alkyl halides is 2. The van der Waals surface area contributed by atoms with Crippen molar-refractivity contribution in [2.24, 2.45) is 17.8 Å². The highest BCUT2D eigenvalue weighted by molar-refractivity contribution is 6.31. The van der Waals surface area contributed by atoms with Crippen molar-refractivity contribution < 1.29 is 28.2 Å². The summed E-state index contributed by atoms with van der Waals surface area (Å²) in [5.74, 6) is -0.277. The molecule has 2 N–H and O–H groups in total. The molecule has 248 valence electrons. The van der Waals surface area contributed by atoms with E-state index in [1.165, 1.54) is 46.0 Å². The molecule has 48 heavy (non-hydrogen) atoms. The van der Waals surface area contributed by atoms with Gasteiger partial charge in [0, 0.05) is 29.2 Å². The lowest BCUT2D eigenvalue weighted by Crippen LogP contribution is -2.43. The zero-order valence-corrected chi connectivity index (χ0v) is 26.5. The molecule has 2 aliphatic rings. The topological polar surface area (TPSA) is 127 Å². The quantitative estimate of drug-likeness (QED) is 0.205. The summed E-state index contributed by atoms with van der Waals surface area (Å²) in [5, 5.41) is 22.4. The van der Waals surface area contributed by atoms with Gasteiger partial charge in [0.1, 0.15) is 23.6 Å². The highest BCUT2D eigenvalue weighted by Gasteiger charge is 2.54. The van der Waals surface area contributed by atoms with Crippen LogP contribution >= 0.6 is 11.6 Å². The van der Waals surface area contributed by atoms with Crippen LogP contribution in [0.25, 0.3) is 16.9 Å². The first-order chi connectivity index (χ1) is 23.2. The number of fused-ring (bicyclic) bond motifs is 2. The monoisotopic (exact) mass is 675 g/mol. The number of anilines is 1. The van der Waals surface area contributed by atoms with Crippen LogP contribution in [0.3, 0.4) is 0 Å². The minimum Gasteiger partial charge on any atom is -0.434 e. The number of halogens is 3. The molecule has 4 heterocycles. The predicted molar refractivity (Wildman–Crippen MR) is 173 cm³/mol. The molecule has 1 aliphatic heterocycles. The van der Waals surface area contributed by atoms with E-state index < -0.39 is 12.5 Å². The highest BCUT2D eigenvalue weighted by atomic mass is 35.5. The van der Waals surface area contributed by atoms with E-state index >= 15 is 0 Å². The fraction of sp³-hybridized carbons (Fsp3) is 0.324. The Morgan fingerprint density at radius 1 is 1.12 bits per heavy atom. The molecule has 2 fully saturated rings. The molecule has 1 aliphatic carbocycles. The second kappa shape index (κ2) is 13.0. The molecule has 2 amide bonds. The number of aliphatic hydroxyl groups is 1. The molecule has 7 rings (SSSR count). The molecule has 11 nitrogen and oxygen atoms in total. The Kier molecular flexibility index (Phi) is 8.56. The standard InChI is InChI=1S/C34H32ClF2N7O4/c1-19-12-22-23(13-19)31(20-6-3-2-4-7-20)44(27(22)18-45)29(46)17-42-16-26(40-33(47)25-15-39-43-11-5-10-38-32(25)43)30(41-42)24-14-21(35)8-9-28(24)48-34(36)37/h2-11,14-16,19,22-23,27,31,34,45H,12-13,17-18H2,1H3,(H,40,47)/t19?,22-,23+,27-,31+/m0/s1. The van der Waals surface area contributed by atoms with Gasteiger partial charge >= 0.3 is 6.61 Å². The number of hydrogen-bond donors (Lipinski definition) is 2. The van der Waals surface area contributed by atoms with Crippen LogP contribution in [-0.2, 0) is 11.3 Å². The van der Waals surface area contributed by atoms with Crippen molar-refractivity contribution in [3.8, 4) is 17.0 Å². The van der Waals surface area contributed by atoms with E-state index in [4.69, 9.17) is 16.3 Å². The molecule has 1 unspecified atom stereocenters. The molecule has 0 bridgehead atoms. The van der Waals surface area contributed by atoms with E-state index in [-0.39, 0.29) is 76.3 Å². The number of benzene rings is 2. The molecule has 3 aromatic heterocycles. The smallest absolute Gasteiger partial charge is 0.387 e. The number of likely N-dealkylation sites (tertiary alicyclic amines) is 1. The van der Waals surface area contributed by atoms with Crippen LogP contribution in [-0.4, -0.2) is 65.5 Å². The minimum absolute atomic E-state index is 0.0594. The van der Waals surface area contributed by atoms with Crippen LogP contribution in [0.1, 0.15) is 41.7 Å². The first-order valence-corrected chi connectivity index (χ1v) is 16.0. The number of aliphatic hydroxyl groups excluding tert-OH is 1. The van der Waals surface area contributed by atoms with Crippen LogP contribution in [0.15, 0.2) is 79.4 Å². The number of hydrogen-bond acceptors (Lipinski definition) is 7. The first kappa shape index (κ1) is 31.7. The molecular weight excluding hydrogens is 644 g/mol. The lowest BCUT2D eigenvalue weighted by Gasteiger charge is -2.33. The molecule has 2 aromatic carbocycles. The third-order valence-corrected chi connectivity index (χ3v) is 9.55. The average Bonchev–Trinajstić information content (AvgIpc) is 3.83. The number of nitrogens with zero attached hydrogens (tertiary/aromatic N) is 6. The first-order valence-electron chi connectivity index (χ1n) is 15.6. The molecule has 1 saturated carbocycles. The van der Waals surface area contributed by atoms with Gasteiger partial charge in [-0.2, -0.15) is 19.0 Å². The number of carbonyl (C=O) groups excluding carboxylic acids is 2. The third kappa shape index (κ3) is 5.88. The van der Waals surface area contributed by atoms with E-state index in [0.717, 1.165) is 18.4 Å². The van der Waals surface area contributed by atoms with E-state index in [1.54, 1.807) is 17.2 Å². The van der Waals surface area contributed by atoms with Crippen molar-refractivity contribution in [3.05, 3.63) is 95.5 Å². The SMILES string of the molecule is CC1C[C@@H]2[C@H](C1)[C@H](CO)N(C(=O)Cn1cc(NC(=O)c3cnn4cccnc34)c(-c3cc(Cl)ccc3OC(F)F)n1)[C@@H]2c1ccccc1. The van der Waals surface area contributed by atoms with Gasteiger partial charge in [-0.25, -0.2) is 9.50 Å². The Labute approximate surface area is 279 Å². The Balaban J connectivity index is 1.26. The van der Waals surface area contributed by atoms with Crippen LogP contribution in [0.5, 0.6) is 5.75 Å². The number of rotatable bonds is 9. The van der Waals surface area contributed by atoms with Gasteiger partial charge in [0.2, 0.25) is 5.91 Å². The van der Waals surface area contributed by atoms with Crippen molar-refractivity contribution in [2.45, 2.75) is 45.0 Å². The van der Waals surface area contributed by atoms with Gasteiger partial charge < -0.3 is 20.1 Å². The molecule has 1 saturated heterocycles. The number of ether oxygens (including phenoxy) is 1. The third-order valence-electron chi connectivity index (χ3n) is 9.32. The van der Waals surface area contributed by atoms with Gasteiger partial charge in [-0.3, -0.25) is 14.3 Å². The van der Waals surface area contributed by atoms with Gasteiger partial charge in [0.05, 0.1) is 30.6 Å². The Morgan fingerprint density at radius 3 is 2.69 bits per heavy atom. The summed E-state index contributed by atoms with van der Waals surface area (Å²) < 4.78 is 34.5. The summed E-state index contributed by atoms with van der Waals surface area (Å²) in [5.41, 5.74) is 1.73. The average molecular weight is 676 g/mol. The van der Waals surface area contributed by atoms with Gasteiger partial charge in [-0.15, -0.1) is 0 Å². The maximum atomic E-state index is 14.3. The molecule has 5 atom stereocenters. The highest BCUT2D eigenvalue weighted by Crippen LogP contribution is 2.54. The Bertz CT molecular complexity index is 1970. The lowest BCUT2D eigenvalue weighted by atomic mass is 9.87. The second-order valence-electron chi connectivity index (χ2n) is 12.3. The van der Waals surface area contributed by atoms with Crippen LogP contribution in [0.2, 0.25) is 5.02 Å². The van der Waals surface area contributed by atoms with E-state index in [9.17, 15) is 23.5 Å². The molecular formula is C34H32ClF2N7O4. The Morgan fingerprint density at radius 2 is 1.92 bits per heavy atom. The fourth-order valence-corrected chi connectivity index (χ4v) is 7.67. The van der Waals surface area contributed by atoms with Gasteiger partial charge in [0.25, 0.3) is 5.91 Å². The molecule has 0 spiro atoms. The maximum absolute atomic E-state index is 14.3.